The number of nitriles is 1. The predicted octanol–water partition coefficient (Wildman–Crippen LogP) is 5.14. The first-order valence-corrected chi connectivity index (χ1v) is 9.33. The third-order valence-corrected chi connectivity index (χ3v) is 5.12. The van der Waals surface area contributed by atoms with Gasteiger partial charge in [0.25, 0.3) is 5.91 Å². The van der Waals surface area contributed by atoms with Crippen LogP contribution >= 0.6 is 22.9 Å². The summed E-state index contributed by atoms with van der Waals surface area (Å²) in [7, 11) is 0. The summed E-state index contributed by atoms with van der Waals surface area (Å²) in [5, 5.41) is 13.1. The molecule has 0 unspecified atom stereocenters. The van der Waals surface area contributed by atoms with Crippen molar-refractivity contribution in [3.63, 3.8) is 0 Å². The predicted molar refractivity (Wildman–Crippen MR) is 107 cm³/mol. The second-order valence-corrected chi connectivity index (χ2v) is 7.49. The lowest BCUT2D eigenvalue weighted by Gasteiger charge is -2.02. The molecule has 1 aromatic carbocycles. The normalized spacial score (nSPS) is 11.3. The maximum atomic E-state index is 12.3. The Morgan fingerprint density at radius 3 is 2.85 bits per heavy atom. The molecule has 136 valence electrons. The molecule has 7 heteroatoms. The molecule has 0 aliphatic rings. The topological polar surface area (TPSA) is 78.9 Å². The van der Waals surface area contributed by atoms with E-state index >= 15 is 0 Å². The highest BCUT2D eigenvalue weighted by atomic mass is 35.5. The molecule has 0 bridgehead atoms. The van der Waals surface area contributed by atoms with Crippen LogP contribution < -0.4 is 5.32 Å². The summed E-state index contributed by atoms with van der Waals surface area (Å²) >= 11 is 7.52. The molecule has 0 fully saturated rings. The SMILES string of the molecule is Cc1ccc(/C=C(\C#N)C(=O)Nc2ncc(Cc3ccc(C)c(Cl)c3)s2)o1. The number of rotatable bonds is 5. The van der Waals surface area contributed by atoms with E-state index in [1.165, 1.54) is 17.4 Å². The van der Waals surface area contributed by atoms with Crippen molar-refractivity contribution in [1.29, 1.82) is 5.26 Å². The highest BCUT2D eigenvalue weighted by molar-refractivity contribution is 7.15. The largest absolute Gasteiger partial charge is 0.462 e. The Balaban J connectivity index is 1.69. The van der Waals surface area contributed by atoms with Gasteiger partial charge in [0.05, 0.1) is 0 Å². The van der Waals surface area contributed by atoms with E-state index in [1.54, 1.807) is 25.3 Å². The quantitative estimate of drug-likeness (QED) is 0.477. The summed E-state index contributed by atoms with van der Waals surface area (Å²) in [6.07, 6.45) is 3.78. The first kappa shape index (κ1) is 18.9. The van der Waals surface area contributed by atoms with Gasteiger partial charge < -0.3 is 4.42 Å². The minimum atomic E-state index is -0.522. The zero-order valence-electron chi connectivity index (χ0n) is 14.7. The van der Waals surface area contributed by atoms with Crippen LogP contribution in [0.1, 0.15) is 27.5 Å². The number of benzene rings is 1. The molecule has 27 heavy (non-hydrogen) atoms. The summed E-state index contributed by atoms with van der Waals surface area (Å²) in [5.74, 6) is 0.640. The van der Waals surface area contributed by atoms with Crippen LogP contribution in [-0.4, -0.2) is 10.9 Å². The van der Waals surface area contributed by atoms with Crippen molar-refractivity contribution < 1.29 is 9.21 Å². The van der Waals surface area contributed by atoms with E-state index < -0.39 is 5.91 Å². The number of thiazole rings is 1. The maximum Gasteiger partial charge on any atom is 0.268 e. The number of furan rings is 1. The molecule has 0 aliphatic carbocycles. The number of aromatic nitrogens is 1. The van der Waals surface area contributed by atoms with Gasteiger partial charge in [0, 0.05) is 28.6 Å². The van der Waals surface area contributed by atoms with Crippen LogP contribution in [-0.2, 0) is 11.2 Å². The minimum absolute atomic E-state index is 0.0496. The summed E-state index contributed by atoms with van der Waals surface area (Å²) in [6.45, 7) is 3.75. The molecule has 2 heterocycles. The maximum absolute atomic E-state index is 12.3. The van der Waals surface area contributed by atoms with E-state index in [1.807, 2.05) is 31.2 Å². The lowest BCUT2D eigenvalue weighted by molar-refractivity contribution is -0.112. The second kappa shape index (κ2) is 8.21. The molecule has 0 radical (unpaired) electrons. The fourth-order valence-electron chi connectivity index (χ4n) is 2.38. The van der Waals surface area contributed by atoms with Crippen LogP contribution in [0.25, 0.3) is 6.08 Å². The Labute approximate surface area is 165 Å². The summed E-state index contributed by atoms with van der Waals surface area (Å²) in [6, 6.07) is 11.3. The Kier molecular flexibility index (Phi) is 5.75. The molecule has 0 saturated heterocycles. The molecule has 0 saturated carbocycles. The average molecular weight is 398 g/mol. The second-order valence-electron chi connectivity index (χ2n) is 5.96. The Hall–Kier alpha value is -2.88. The number of aryl methyl sites for hydroxylation is 2. The number of anilines is 1. The fourth-order valence-corrected chi connectivity index (χ4v) is 3.43. The Morgan fingerprint density at radius 2 is 2.19 bits per heavy atom. The molecule has 0 spiro atoms. The zero-order valence-corrected chi connectivity index (χ0v) is 16.3. The number of hydrogen-bond donors (Lipinski definition) is 1. The van der Waals surface area contributed by atoms with Gasteiger partial charge in [-0.1, -0.05) is 23.7 Å². The third-order valence-electron chi connectivity index (χ3n) is 3.80. The van der Waals surface area contributed by atoms with Gasteiger partial charge in [-0.2, -0.15) is 5.26 Å². The zero-order chi connectivity index (χ0) is 19.4. The highest BCUT2D eigenvalue weighted by Crippen LogP contribution is 2.24. The summed E-state index contributed by atoms with van der Waals surface area (Å²) in [4.78, 5) is 17.5. The monoisotopic (exact) mass is 397 g/mol. The van der Waals surface area contributed by atoms with Crippen molar-refractivity contribution in [2.75, 3.05) is 5.32 Å². The molecular weight excluding hydrogens is 382 g/mol. The van der Waals surface area contributed by atoms with Crippen molar-refractivity contribution in [2.45, 2.75) is 20.3 Å². The first-order chi connectivity index (χ1) is 12.9. The van der Waals surface area contributed by atoms with Crippen molar-refractivity contribution >= 4 is 40.1 Å². The molecule has 2 aromatic heterocycles. The van der Waals surface area contributed by atoms with E-state index in [0.29, 0.717) is 23.1 Å². The molecular formula is C20H16ClN3O2S. The Bertz CT molecular complexity index is 1060. The number of nitrogens with zero attached hydrogens (tertiary/aromatic N) is 2. The first-order valence-electron chi connectivity index (χ1n) is 8.14. The molecule has 1 N–H and O–H groups in total. The standard InChI is InChI=1S/C20H16ClN3O2S/c1-12-3-5-14(8-18(12)21)7-17-11-23-20(27-17)24-19(25)15(10-22)9-16-6-4-13(2)26-16/h3-6,8-9,11H,7H2,1-2H3,(H,23,24,25)/b15-9+. The molecule has 3 aromatic rings. The molecule has 1 amide bonds. The smallest absolute Gasteiger partial charge is 0.268 e. The van der Waals surface area contributed by atoms with Crippen molar-refractivity contribution in [2.24, 2.45) is 0 Å². The number of hydrogen-bond acceptors (Lipinski definition) is 5. The van der Waals surface area contributed by atoms with Gasteiger partial charge in [0.2, 0.25) is 0 Å². The van der Waals surface area contributed by atoms with Gasteiger partial charge in [0.1, 0.15) is 23.2 Å². The van der Waals surface area contributed by atoms with Gasteiger partial charge in [-0.3, -0.25) is 10.1 Å². The molecule has 0 atom stereocenters. The van der Waals surface area contributed by atoms with Crippen molar-refractivity contribution in [3.8, 4) is 6.07 Å². The van der Waals surface area contributed by atoms with Crippen LogP contribution in [0.3, 0.4) is 0 Å². The number of halogens is 1. The van der Waals surface area contributed by atoms with Crippen LogP contribution in [0.15, 0.2) is 46.5 Å². The summed E-state index contributed by atoms with van der Waals surface area (Å²) in [5.41, 5.74) is 2.05. The van der Waals surface area contributed by atoms with Crippen molar-refractivity contribution in [3.05, 3.63) is 74.6 Å². The summed E-state index contributed by atoms with van der Waals surface area (Å²) < 4.78 is 5.37. The number of carbonyl (C=O) groups is 1. The van der Waals surface area contributed by atoms with Gasteiger partial charge in [-0.25, -0.2) is 4.98 Å². The number of carbonyl (C=O) groups excluding carboxylic acids is 1. The van der Waals surface area contributed by atoms with Crippen LogP contribution in [0.4, 0.5) is 5.13 Å². The fraction of sp³-hybridized carbons (Fsp3) is 0.150. The van der Waals surface area contributed by atoms with Crippen molar-refractivity contribution in [1.82, 2.24) is 4.98 Å². The van der Waals surface area contributed by atoms with Crippen LogP contribution in [0, 0.1) is 25.2 Å². The van der Waals surface area contributed by atoms with Gasteiger partial charge in [-0.15, -0.1) is 11.3 Å². The number of amides is 1. The van der Waals surface area contributed by atoms with Crippen LogP contribution in [0.2, 0.25) is 5.02 Å². The van der Waals surface area contributed by atoms with Gasteiger partial charge in [-0.05, 0) is 43.2 Å². The molecule has 5 nitrogen and oxygen atoms in total. The lowest BCUT2D eigenvalue weighted by Crippen LogP contribution is -2.13. The van der Waals surface area contributed by atoms with Crippen LogP contribution in [0.5, 0.6) is 0 Å². The third kappa shape index (κ3) is 4.85. The van der Waals surface area contributed by atoms with E-state index in [9.17, 15) is 10.1 Å². The van der Waals surface area contributed by atoms with Gasteiger partial charge >= 0.3 is 0 Å². The highest BCUT2D eigenvalue weighted by Gasteiger charge is 2.13. The molecule has 0 aliphatic heterocycles. The Morgan fingerprint density at radius 1 is 1.37 bits per heavy atom. The van der Waals surface area contributed by atoms with E-state index in [2.05, 4.69) is 10.3 Å². The number of nitrogens with one attached hydrogen (secondary N) is 1. The van der Waals surface area contributed by atoms with E-state index in [0.717, 1.165) is 21.0 Å². The average Bonchev–Trinajstić information content (AvgIpc) is 3.24. The van der Waals surface area contributed by atoms with E-state index in [-0.39, 0.29) is 5.57 Å². The van der Waals surface area contributed by atoms with Gasteiger partial charge in [0.15, 0.2) is 5.13 Å². The lowest BCUT2D eigenvalue weighted by atomic mass is 10.1. The van der Waals surface area contributed by atoms with E-state index in [4.69, 9.17) is 16.0 Å². The molecule has 3 rings (SSSR count). The minimum Gasteiger partial charge on any atom is -0.462 e.